The number of aromatic nitrogens is 1. The summed E-state index contributed by atoms with van der Waals surface area (Å²) in [5.41, 5.74) is 8.29. The van der Waals surface area contributed by atoms with Gasteiger partial charge in [0.2, 0.25) is 0 Å². The lowest BCUT2D eigenvalue weighted by Gasteiger charge is -2.13. The van der Waals surface area contributed by atoms with E-state index in [1.54, 1.807) is 0 Å². The molecule has 0 atom stereocenters. The first-order valence-electron chi connectivity index (χ1n) is 12.3. The van der Waals surface area contributed by atoms with Crippen molar-refractivity contribution in [1.29, 1.82) is 0 Å². The number of benzene rings is 6. The topological polar surface area (TPSA) is 17.0 Å². The molecule has 7 aromatic rings. The third-order valence-corrected chi connectivity index (χ3v) is 6.97. The first-order valence-corrected chi connectivity index (χ1v) is 12.3. The van der Waals surface area contributed by atoms with E-state index < -0.39 is 0 Å². The zero-order valence-electron chi connectivity index (χ0n) is 19.7. The minimum Gasteiger partial charge on any atom is -0.355 e. The lowest BCUT2D eigenvalue weighted by Crippen LogP contribution is -1.93. The summed E-state index contributed by atoms with van der Waals surface area (Å²) in [6, 6.07) is 49.6. The van der Waals surface area contributed by atoms with Crippen molar-refractivity contribution in [3.63, 3.8) is 0 Å². The van der Waals surface area contributed by atoms with E-state index in [4.69, 9.17) is 0 Å². The third kappa shape index (κ3) is 3.35. The minimum absolute atomic E-state index is 1.09. The van der Waals surface area contributed by atoms with Gasteiger partial charge >= 0.3 is 0 Å². The molecule has 0 saturated heterocycles. The van der Waals surface area contributed by atoms with Crippen LogP contribution in [0.5, 0.6) is 0 Å². The Bertz CT molecular complexity index is 1850. The van der Waals surface area contributed by atoms with Gasteiger partial charge in [0.15, 0.2) is 0 Å². The molecule has 1 aromatic heterocycles. The molecule has 2 heteroatoms. The fraction of sp³-hybridized carbons (Fsp3) is 0. The number of anilines is 2. The summed E-state index contributed by atoms with van der Waals surface area (Å²) < 4.78 is 2.36. The van der Waals surface area contributed by atoms with Gasteiger partial charge < -0.3 is 9.88 Å². The van der Waals surface area contributed by atoms with Gasteiger partial charge in [-0.2, -0.15) is 0 Å². The van der Waals surface area contributed by atoms with Crippen LogP contribution in [0.2, 0.25) is 0 Å². The maximum Gasteiger partial charge on any atom is 0.0541 e. The maximum absolute atomic E-state index is 3.60. The number of nitrogens with one attached hydrogen (secondary N) is 1. The Hall–Kier alpha value is -4.82. The second-order valence-electron chi connectivity index (χ2n) is 9.12. The van der Waals surface area contributed by atoms with Gasteiger partial charge in [-0.1, -0.05) is 91.0 Å². The zero-order chi connectivity index (χ0) is 23.9. The summed E-state index contributed by atoms with van der Waals surface area (Å²) in [7, 11) is 0. The zero-order valence-corrected chi connectivity index (χ0v) is 19.7. The van der Waals surface area contributed by atoms with Crippen LogP contribution in [0.15, 0.2) is 140 Å². The van der Waals surface area contributed by atoms with Crippen molar-refractivity contribution >= 4 is 44.0 Å². The van der Waals surface area contributed by atoms with E-state index in [1.807, 2.05) is 6.07 Å². The molecule has 0 spiro atoms. The van der Waals surface area contributed by atoms with Crippen molar-refractivity contribution in [3.05, 3.63) is 140 Å². The van der Waals surface area contributed by atoms with Crippen molar-refractivity contribution in [1.82, 2.24) is 4.57 Å². The van der Waals surface area contributed by atoms with E-state index in [2.05, 4.69) is 143 Å². The molecule has 0 fully saturated rings. The number of rotatable bonds is 4. The highest BCUT2D eigenvalue weighted by Crippen LogP contribution is 2.38. The molecule has 0 unspecified atom stereocenters. The van der Waals surface area contributed by atoms with Gasteiger partial charge in [-0.15, -0.1) is 0 Å². The summed E-state index contributed by atoms with van der Waals surface area (Å²) in [5, 5.41) is 8.59. The van der Waals surface area contributed by atoms with E-state index >= 15 is 0 Å². The largest absolute Gasteiger partial charge is 0.355 e. The lowest BCUT2D eigenvalue weighted by molar-refractivity contribution is 1.18. The van der Waals surface area contributed by atoms with Crippen LogP contribution in [0.4, 0.5) is 11.4 Å². The molecule has 0 saturated carbocycles. The molecule has 0 aliphatic carbocycles. The number of nitrogens with zero attached hydrogens (tertiary/aromatic N) is 1. The maximum atomic E-state index is 3.60. The smallest absolute Gasteiger partial charge is 0.0541 e. The van der Waals surface area contributed by atoms with Crippen LogP contribution in [-0.4, -0.2) is 4.57 Å². The van der Waals surface area contributed by atoms with E-state index in [0.717, 1.165) is 11.4 Å². The minimum atomic E-state index is 1.09. The van der Waals surface area contributed by atoms with Crippen LogP contribution >= 0.6 is 0 Å². The quantitative estimate of drug-likeness (QED) is 0.277. The Kier molecular flexibility index (Phi) is 4.82. The van der Waals surface area contributed by atoms with Crippen molar-refractivity contribution in [3.8, 4) is 16.8 Å². The molecule has 6 aromatic carbocycles. The highest BCUT2D eigenvalue weighted by molar-refractivity contribution is 6.12. The first kappa shape index (κ1) is 20.5. The average Bonchev–Trinajstić information content (AvgIpc) is 3.28. The first-order chi connectivity index (χ1) is 17.9. The fourth-order valence-electron chi connectivity index (χ4n) is 5.34. The second kappa shape index (κ2) is 8.44. The van der Waals surface area contributed by atoms with Crippen LogP contribution in [0.3, 0.4) is 0 Å². The molecule has 2 nitrogen and oxygen atoms in total. The Balaban J connectivity index is 1.42. The predicted octanol–water partition coefficient (Wildman–Crippen LogP) is 9.35. The van der Waals surface area contributed by atoms with Gasteiger partial charge in [-0.05, 0) is 65.0 Å². The number of para-hydroxylation sites is 3. The monoisotopic (exact) mass is 460 g/mol. The summed E-state index contributed by atoms with van der Waals surface area (Å²) >= 11 is 0. The summed E-state index contributed by atoms with van der Waals surface area (Å²) in [5.74, 6) is 0. The SMILES string of the molecule is c1ccc(Nc2cccc3c(-c4ccc5c(c4)c4ccccc4n5-c4ccccc4)cccc23)cc1. The van der Waals surface area contributed by atoms with E-state index in [1.165, 1.54) is 49.4 Å². The molecule has 0 bridgehead atoms. The molecule has 0 aliphatic rings. The fourth-order valence-corrected chi connectivity index (χ4v) is 5.34. The van der Waals surface area contributed by atoms with Gasteiger partial charge in [0.1, 0.15) is 0 Å². The van der Waals surface area contributed by atoms with Gasteiger partial charge in [0, 0.05) is 33.2 Å². The Morgan fingerprint density at radius 2 is 1.11 bits per heavy atom. The number of hydrogen-bond donors (Lipinski definition) is 1. The molecule has 1 N–H and O–H groups in total. The normalized spacial score (nSPS) is 11.3. The molecule has 36 heavy (non-hydrogen) atoms. The molecular formula is C34H24N2. The van der Waals surface area contributed by atoms with E-state index in [9.17, 15) is 0 Å². The van der Waals surface area contributed by atoms with E-state index in [-0.39, 0.29) is 0 Å². The van der Waals surface area contributed by atoms with Gasteiger partial charge in [0.05, 0.1) is 11.0 Å². The van der Waals surface area contributed by atoms with Gasteiger partial charge in [-0.3, -0.25) is 0 Å². The van der Waals surface area contributed by atoms with Crippen LogP contribution in [-0.2, 0) is 0 Å². The number of fused-ring (bicyclic) bond motifs is 4. The average molecular weight is 461 g/mol. The molecule has 1 heterocycles. The van der Waals surface area contributed by atoms with Crippen molar-refractivity contribution in [2.75, 3.05) is 5.32 Å². The van der Waals surface area contributed by atoms with E-state index in [0.29, 0.717) is 0 Å². The molecule has 170 valence electrons. The Morgan fingerprint density at radius 1 is 0.444 bits per heavy atom. The van der Waals surface area contributed by atoms with Crippen LogP contribution in [0, 0.1) is 0 Å². The standard InChI is InChI=1S/C34H24N2/c1-3-11-25(12-4-1)35-32-19-10-17-28-27(16-9-18-29(28)32)24-21-22-34-31(23-24)30-15-7-8-20-33(30)36(34)26-13-5-2-6-14-26/h1-23,35H. The second-order valence-corrected chi connectivity index (χ2v) is 9.12. The molecular weight excluding hydrogens is 436 g/mol. The Labute approximate surface area is 210 Å². The van der Waals surface area contributed by atoms with Gasteiger partial charge in [-0.25, -0.2) is 0 Å². The summed E-state index contributed by atoms with van der Waals surface area (Å²) in [6.45, 7) is 0. The summed E-state index contributed by atoms with van der Waals surface area (Å²) in [6.07, 6.45) is 0. The van der Waals surface area contributed by atoms with Crippen molar-refractivity contribution < 1.29 is 0 Å². The van der Waals surface area contributed by atoms with Crippen LogP contribution in [0.1, 0.15) is 0 Å². The molecule has 7 rings (SSSR count). The lowest BCUT2D eigenvalue weighted by atomic mass is 9.96. The molecule has 0 amide bonds. The predicted molar refractivity (Wildman–Crippen MR) is 153 cm³/mol. The highest BCUT2D eigenvalue weighted by Gasteiger charge is 2.14. The highest BCUT2D eigenvalue weighted by atomic mass is 15.0. The third-order valence-electron chi connectivity index (χ3n) is 6.97. The van der Waals surface area contributed by atoms with Crippen LogP contribution in [0.25, 0.3) is 49.4 Å². The Morgan fingerprint density at radius 3 is 1.97 bits per heavy atom. The molecule has 0 radical (unpaired) electrons. The number of hydrogen-bond acceptors (Lipinski definition) is 1. The van der Waals surface area contributed by atoms with Crippen molar-refractivity contribution in [2.24, 2.45) is 0 Å². The van der Waals surface area contributed by atoms with Crippen molar-refractivity contribution in [2.45, 2.75) is 0 Å². The van der Waals surface area contributed by atoms with Crippen LogP contribution < -0.4 is 5.32 Å². The van der Waals surface area contributed by atoms with Gasteiger partial charge in [0.25, 0.3) is 0 Å². The molecule has 0 aliphatic heterocycles. The summed E-state index contributed by atoms with van der Waals surface area (Å²) in [4.78, 5) is 0.